The molecule has 3 atom stereocenters. The van der Waals surface area contributed by atoms with Crippen LogP contribution < -0.4 is 4.74 Å². The average Bonchev–Trinajstić information content (AvgIpc) is 3.28. The summed E-state index contributed by atoms with van der Waals surface area (Å²) in [5, 5.41) is 14.1. The third kappa shape index (κ3) is 3.81. The summed E-state index contributed by atoms with van der Waals surface area (Å²) in [6.45, 7) is 3.33. The van der Waals surface area contributed by atoms with Crippen molar-refractivity contribution in [1.29, 1.82) is 0 Å². The Morgan fingerprint density at radius 1 is 1.24 bits per heavy atom. The van der Waals surface area contributed by atoms with Gasteiger partial charge in [-0.3, -0.25) is 0 Å². The van der Waals surface area contributed by atoms with Gasteiger partial charge in [0, 0.05) is 17.1 Å². The first-order valence-electron chi connectivity index (χ1n) is 9.53. The van der Waals surface area contributed by atoms with Gasteiger partial charge in [0.15, 0.2) is 5.82 Å². The molecule has 0 spiro atoms. The minimum absolute atomic E-state index is 0.00116. The van der Waals surface area contributed by atoms with Crippen molar-refractivity contribution in [3.05, 3.63) is 47.8 Å². The summed E-state index contributed by atoms with van der Waals surface area (Å²) in [6, 6.07) is 3.71. The molecule has 1 heterocycles. The van der Waals surface area contributed by atoms with Crippen molar-refractivity contribution in [2.75, 3.05) is 0 Å². The van der Waals surface area contributed by atoms with Crippen molar-refractivity contribution in [2.24, 2.45) is 11.8 Å². The number of allylic oxidation sites excluding steroid dienone is 3. The van der Waals surface area contributed by atoms with E-state index in [0.717, 1.165) is 18.1 Å². The number of halogens is 3. The van der Waals surface area contributed by atoms with Crippen LogP contribution in [0.25, 0.3) is 17.0 Å². The van der Waals surface area contributed by atoms with Crippen molar-refractivity contribution in [3.8, 4) is 17.2 Å². The lowest BCUT2D eigenvalue weighted by Gasteiger charge is -2.22. The zero-order valence-corrected chi connectivity index (χ0v) is 16.0. The standard InChI is InChI=1S/C21H21F3N2O3/c1-11(2)28-18-9-6-12(10-16(18)21(22,23)24)20-25-19(26-29-20)15-5-3-4-14-13(15)7-8-17(14)27/h3-6,9-11,13-14,17,27H,7-8H2,1-2H3/t13?,14-,17+/m1/s1. The van der Waals surface area contributed by atoms with Crippen molar-refractivity contribution in [1.82, 2.24) is 10.1 Å². The molecule has 154 valence electrons. The number of nitrogens with zero attached hydrogens (tertiary/aromatic N) is 2. The van der Waals surface area contributed by atoms with E-state index in [4.69, 9.17) is 9.26 Å². The Balaban J connectivity index is 1.66. The molecule has 29 heavy (non-hydrogen) atoms. The molecule has 0 bridgehead atoms. The summed E-state index contributed by atoms with van der Waals surface area (Å²) in [7, 11) is 0. The van der Waals surface area contributed by atoms with Crippen LogP contribution in [-0.2, 0) is 6.18 Å². The molecule has 5 nitrogen and oxygen atoms in total. The maximum absolute atomic E-state index is 13.5. The van der Waals surface area contributed by atoms with Gasteiger partial charge in [0.1, 0.15) is 5.75 Å². The highest BCUT2D eigenvalue weighted by atomic mass is 19.4. The summed E-state index contributed by atoms with van der Waals surface area (Å²) in [6.07, 6.45) is 1.80. The molecule has 0 saturated heterocycles. The Labute approximate surface area is 165 Å². The number of alkyl halides is 3. The second kappa shape index (κ2) is 7.33. The number of rotatable bonds is 4. The van der Waals surface area contributed by atoms with Crippen LogP contribution in [0.15, 0.2) is 41.0 Å². The highest BCUT2D eigenvalue weighted by Gasteiger charge is 2.39. The lowest BCUT2D eigenvalue weighted by Crippen LogP contribution is -2.19. The topological polar surface area (TPSA) is 68.4 Å². The van der Waals surface area contributed by atoms with E-state index in [0.29, 0.717) is 12.2 Å². The van der Waals surface area contributed by atoms with Gasteiger partial charge in [0.05, 0.1) is 17.8 Å². The zero-order valence-electron chi connectivity index (χ0n) is 16.0. The second-order valence-corrected chi connectivity index (χ2v) is 7.63. The van der Waals surface area contributed by atoms with Crippen LogP contribution in [0.4, 0.5) is 13.2 Å². The number of hydrogen-bond acceptors (Lipinski definition) is 5. The van der Waals surface area contributed by atoms with Gasteiger partial charge in [-0.1, -0.05) is 23.4 Å². The molecule has 1 aromatic carbocycles. The zero-order chi connectivity index (χ0) is 20.8. The smallest absolute Gasteiger partial charge is 0.419 e. The van der Waals surface area contributed by atoms with Crippen LogP contribution in [0.5, 0.6) is 5.75 Å². The Bertz CT molecular complexity index is 962. The Hall–Kier alpha value is -2.61. The first-order valence-corrected chi connectivity index (χ1v) is 9.53. The molecule has 2 aliphatic rings. The van der Waals surface area contributed by atoms with Gasteiger partial charge >= 0.3 is 6.18 Å². The van der Waals surface area contributed by atoms with Gasteiger partial charge in [0.2, 0.25) is 0 Å². The molecule has 0 radical (unpaired) electrons. The SMILES string of the molecule is CC(C)Oc1ccc(-c2nc(C3=CC=C[C@@H]4C3CC[C@@H]4O)no2)cc1C(F)(F)F. The quantitative estimate of drug-likeness (QED) is 0.784. The van der Waals surface area contributed by atoms with Gasteiger partial charge in [-0.15, -0.1) is 0 Å². The molecule has 1 unspecified atom stereocenters. The molecule has 2 aromatic rings. The summed E-state index contributed by atoms with van der Waals surface area (Å²) in [5.74, 6) is 0.185. The number of ether oxygens (including phenoxy) is 1. The Morgan fingerprint density at radius 2 is 2.03 bits per heavy atom. The normalized spacial score (nSPS) is 24.0. The van der Waals surface area contributed by atoms with E-state index in [1.165, 1.54) is 12.1 Å². The third-order valence-corrected chi connectivity index (χ3v) is 5.27. The highest BCUT2D eigenvalue weighted by molar-refractivity contribution is 5.68. The fourth-order valence-electron chi connectivity index (χ4n) is 3.98. The number of aliphatic hydroxyl groups excluding tert-OH is 1. The minimum Gasteiger partial charge on any atom is -0.490 e. The third-order valence-electron chi connectivity index (χ3n) is 5.27. The number of fused-ring (bicyclic) bond motifs is 1. The highest BCUT2D eigenvalue weighted by Crippen LogP contribution is 2.44. The van der Waals surface area contributed by atoms with E-state index in [-0.39, 0.29) is 29.0 Å². The molecular formula is C21H21F3N2O3. The molecule has 8 heteroatoms. The maximum atomic E-state index is 13.5. The van der Waals surface area contributed by atoms with Crippen molar-refractivity contribution < 1.29 is 27.5 Å². The van der Waals surface area contributed by atoms with E-state index in [2.05, 4.69) is 10.1 Å². The summed E-state index contributed by atoms with van der Waals surface area (Å²) >= 11 is 0. The van der Waals surface area contributed by atoms with E-state index < -0.39 is 23.9 Å². The molecule has 1 aromatic heterocycles. The van der Waals surface area contributed by atoms with Crippen LogP contribution in [0.1, 0.15) is 38.1 Å². The molecular weight excluding hydrogens is 385 g/mol. The number of benzene rings is 1. The van der Waals surface area contributed by atoms with Crippen molar-refractivity contribution >= 4 is 5.57 Å². The number of aromatic nitrogens is 2. The van der Waals surface area contributed by atoms with E-state index in [9.17, 15) is 18.3 Å². The summed E-state index contributed by atoms with van der Waals surface area (Å²) < 4.78 is 51.0. The lowest BCUT2D eigenvalue weighted by molar-refractivity contribution is -0.139. The fraction of sp³-hybridized carbons (Fsp3) is 0.429. The van der Waals surface area contributed by atoms with Crippen LogP contribution in [0.2, 0.25) is 0 Å². The van der Waals surface area contributed by atoms with Crippen LogP contribution in [0, 0.1) is 11.8 Å². The van der Waals surface area contributed by atoms with E-state index in [1.807, 2.05) is 18.2 Å². The van der Waals surface area contributed by atoms with E-state index in [1.54, 1.807) is 13.8 Å². The van der Waals surface area contributed by atoms with Crippen LogP contribution in [-0.4, -0.2) is 27.5 Å². The minimum atomic E-state index is -4.58. The molecule has 0 amide bonds. The maximum Gasteiger partial charge on any atom is 0.419 e. The Morgan fingerprint density at radius 3 is 2.76 bits per heavy atom. The first kappa shape index (κ1) is 19.7. The molecule has 0 aliphatic heterocycles. The molecule has 1 saturated carbocycles. The molecule has 2 aliphatic carbocycles. The van der Waals surface area contributed by atoms with Gasteiger partial charge < -0.3 is 14.4 Å². The van der Waals surface area contributed by atoms with Gasteiger partial charge in [0.25, 0.3) is 5.89 Å². The summed E-state index contributed by atoms with van der Waals surface area (Å²) in [5.41, 5.74) is 0.115. The number of hydrogen-bond donors (Lipinski definition) is 1. The average molecular weight is 406 g/mol. The van der Waals surface area contributed by atoms with Crippen molar-refractivity contribution in [3.63, 3.8) is 0 Å². The van der Waals surface area contributed by atoms with E-state index >= 15 is 0 Å². The Kier molecular flexibility index (Phi) is 4.98. The van der Waals surface area contributed by atoms with Crippen molar-refractivity contribution in [2.45, 2.75) is 45.1 Å². The lowest BCUT2D eigenvalue weighted by atomic mass is 9.84. The largest absolute Gasteiger partial charge is 0.490 e. The fourth-order valence-corrected chi connectivity index (χ4v) is 3.98. The molecule has 1 N–H and O–H groups in total. The first-order chi connectivity index (χ1) is 13.7. The van der Waals surface area contributed by atoms with Gasteiger partial charge in [-0.05, 0) is 50.8 Å². The summed E-state index contributed by atoms with van der Waals surface area (Å²) in [4.78, 5) is 4.33. The monoisotopic (exact) mass is 406 g/mol. The molecule has 4 rings (SSSR count). The van der Waals surface area contributed by atoms with Gasteiger partial charge in [-0.2, -0.15) is 18.2 Å². The predicted octanol–water partition coefficient (Wildman–Crippen LogP) is 4.88. The second-order valence-electron chi connectivity index (χ2n) is 7.63. The number of aliphatic hydroxyl groups is 1. The van der Waals surface area contributed by atoms with Gasteiger partial charge in [-0.25, -0.2) is 0 Å². The van der Waals surface area contributed by atoms with Crippen LogP contribution in [0.3, 0.4) is 0 Å². The predicted molar refractivity (Wildman–Crippen MR) is 99.8 cm³/mol. The molecule has 1 fully saturated rings. The van der Waals surface area contributed by atoms with Crippen LogP contribution >= 0.6 is 0 Å².